The topological polar surface area (TPSA) is 97.8 Å². The molecule has 2 heterocycles. The molecule has 0 atom stereocenters. The summed E-state index contributed by atoms with van der Waals surface area (Å²) in [5.41, 5.74) is 1.90. The number of pyridine rings is 1. The molecule has 1 fully saturated rings. The third-order valence-corrected chi connectivity index (χ3v) is 6.15. The van der Waals surface area contributed by atoms with Gasteiger partial charge in [0, 0.05) is 36.9 Å². The fourth-order valence-electron chi connectivity index (χ4n) is 4.23. The Morgan fingerprint density at radius 3 is 2.59 bits per heavy atom. The van der Waals surface area contributed by atoms with Crippen LogP contribution in [0.1, 0.15) is 51.1 Å². The van der Waals surface area contributed by atoms with E-state index in [1.54, 1.807) is 24.4 Å². The van der Waals surface area contributed by atoms with E-state index in [1.165, 1.54) is 25.3 Å². The van der Waals surface area contributed by atoms with Crippen LogP contribution in [0.2, 0.25) is 0 Å². The first-order chi connectivity index (χ1) is 16.5. The number of benzene rings is 2. The Hall–Kier alpha value is -3.52. The SMILES string of the molecule is COC(=O)c1cc(C(=O)NCCC2CCOCC2)c2cc(Cc3ccc(F)cc3)cnc2c1O. The van der Waals surface area contributed by atoms with Gasteiger partial charge in [0.05, 0.1) is 7.11 Å². The number of rotatable bonds is 7. The maximum absolute atomic E-state index is 13.2. The van der Waals surface area contributed by atoms with Gasteiger partial charge in [-0.25, -0.2) is 9.18 Å². The molecule has 0 aliphatic carbocycles. The molecule has 4 rings (SSSR count). The number of phenolic OH excluding ortho intramolecular Hbond substituents is 1. The number of nitrogens with zero attached hydrogens (tertiary/aromatic N) is 1. The molecule has 1 amide bonds. The minimum absolute atomic E-state index is 0.122. The van der Waals surface area contributed by atoms with Crippen LogP contribution in [0.3, 0.4) is 0 Å². The van der Waals surface area contributed by atoms with Gasteiger partial charge in [0.25, 0.3) is 5.91 Å². The lowest BCUT2D eigenvalue weighted by Gasteiger charge is -2.22. The normalized spacial score (nSPS) is 14.2. The third-order valence-electron chi connectivity index (χ3n) is 6.15. The number of ether oxygens (including phenoxy) is 2. The molecule has 0 bridgehead atoms. The largest absolute Gasteiger partial charge is 0.505 e. The van der Waals surface area contributed by atoms with E-state index in [4.69, 9.17) is 9.47 Å². The first-order valence-corrected chi connectivity index (χ1v) is 11.3. The maximum Gasteiger partial charge on any atom is 0.341 e. The standard InChI is InChI=1S/C26H27FN2O5/c1-33-26(32)22-14-21(25(31)28-9-6-16-7-10-34-11-8-16)20-13-18(15-29-23(20)24(22)30)12-17-2-4-19(27)5-3-17/h2-5,13-16,30H,6-12H2,1H3,(H,28,31). The first-order valence-electron chi connectivity index (χ1n) is 11.3. The Morgan fingerprint density at radius 2 is 1.88 bits per heavy atom. The molecule has 8 heteroatoms. The predicted molar refractivity (Wildman–Crippen MR) is 124 cm³/mol. The van der Waals surface area contributed by atoms with Gasteiger partial charge in [-0.05, 0) is 67.0 Å². The summed E-state index contributed by atoms with van der Waals surface area (Å²) in [6, 6.07) is 9.24. The minimum atomic E-state index is -0.757. The summed E-state index contributed by atoms with van der Waals surface area (Å²) < 4.78 is 23.4. The number of carbonyl (C=O) groups excluding carboxylic acids is 2. The van der Waals surface area contributed by atoms with Gasteiger partial charge in [0.1, 0.15) is 16.9 Å². The second-order valence-corrected chi connectivity index (χ2v) is 8.46. The van der Waals surface area contributed by atoms with E-state index in [0.717, 1.165) is 43.6 Å². The van der Waals surface area contributed by atoms with Gasteiger partial charge >= 0.3 is 5.97 Å². The quantitative estimate of drug-likeness (QED) is 0.511. The van der Waals surface area contributed by atoms with Crippen LogP contribution in [0, 0.1) is 11.7 Å². The maximum atomic E-state index is 13.2. The summed E-state index contributed by atoms with van der Waals surface area (Å²) in [5.74, 6) is -1.27. The number of hydrogen-bond acceptors (Lipinski definition) is 6. The highest BCUT2D eigenvalue weighted by Gasteiger charge is 2.22. The van der Waals surface area contributed by atoms with Crippen LogP contribution in [0.4, 0.5) is 4.39 Å². The Bertz CT molecular complexity index is 1190. The molecule has 3 aromatic rings. The third kappa shape index (κ3) is 5.34. The molecular formula is C26H27FN2O5. The molecule has 1 aromatic heterocycles. The monoisotopic (exact) mass is 466 g/mol. The molecule has 34 heavy (non-hydrogen) atoms. The highest BCUT2D eigenvalue weighted by molar-refractivity contribution is 6.11. The van der Waals surface area contributed by atoms with Gasteiger partial charge in [-0.1, -0.05) is 12.1 Å². The van der Waals surface area contributed by atoms with Crippen molar-refractivity contribution in [2.75, 3.05) is 26.9 Å². The average Bonchev–Trinajstić information content (AvgIpc) is 2.86. The fourth-order valence-corrected chi connectivity index (χ4v) is 4.23. The van der Waals surface area contributed by atoms with Crippen LogP contribution < -0.4 is 5.32 Å². The zero-order valence-corrected chi connectivity index (χ0v) is 19.0. The number of aromatic nitrogens is 1. The van der Waals surface area contributed by atoms with Crippen molar-refractivity contribution in [1.82, 2.24) is 10.3 Å². The first kappa shape index (κ1) is 23.6. The lowest BCUT2D eigenvalue weighted by Crippen LogP contribution is -2.28. The number of esters is 1. The Labute approximate surface area is 196 Å². The number of hydrogen-bond donors (Lipinski definition) is 2. The van der Waals surface area contributed by atoms with Crippen LogP contribution in [0.5, 0.6) is 5.75 Å². The highest BCUT2D eigenvalue weighted by Crippen LogP contribution is 2.32. The molecular weight excluding hydrogens is 439 g/mol. The molecule has 7 nitrogen and oxygen atoms in total. The summed E-state index contributed by atoms with van der Waals surface area (Å²) in [6.45, 7) is 1.97. The van der Waals surface area contributed by atoms with Gasteiger partial charge in [0.2, 0.25) is 0 Å². The second-order valence-electron chi connectivity index (χ2n) is 8.46. The van der Waals surface area contributed by atoms with Gasteiger partial charge in [0.15, 0.2) is 5.75 Å². The summed E-state index contributed by atoms with van der Waals surface area (Å²) in [5, 5.41) is 14.0. The Morgan fingerprint density at radius 1 is 1.15 bits per heavy atom. The highest BCUT2D eigenvalue weighted by atomic mass is 19.1. The van der Waals surface area contributed by atoms with Crippen molar-refractivity contribution in [3.8, 4) is 5.75 Å². The number of aromatic hydroxyl groups is 1. The zero-order chi connectivity index (χ0) is 24.1. The van der Waals surface area contributed by atoms with Gasteiger partial charge in [-0.3, -0.25) is 9.78 Å². The molecule has 0 unspecified atom stereocenters. The lowest BCUT2D eigenvalue weighted by atomic mass is 9.96. The van der Waals surface area contributed by atoms with Crippen LogP contribution >= 0.6 is 0 Å². The predicted octanol–water partition coefficient (Wildman–Crippen LogP) is 4.00. The average molecular weight is 467 g/mol. The van der Waals surface area contributed by atoms with E-state index in [-0.39, 0.29) is 34.1 Å². The van der Waals surface area contributed by atoms with Crippen molar-refractivity contribution in [3.05, 3.63) is 70.7 Å². The number of amides is 1. The number of phenols is 1. The van der Waals surface area contributed by atoms with E-state index in [0.29, 0.717) is 24.3 Å². The second kappa shape index (κ2) is 10.6. The van der Waals surface area contributed by atoms with E-state index < -0.39 is 5.97 Å². The summed E-state index contributed by atoms with van der Waals surface area (Å²) >= 11 is 0. The summed E-state index contributed by atoms with van der Waals surface area (Å²) in [7, 11) is 1.21. The van der Waals surface area contributed by atoms with Crippen molar-refractivity contribution in [3.63, 3.8) is 0 Å². The number of halogens is 1. The number of carbonyl (C=O) groups is 2. The molecule has 1 aliphatic rings. The zero-order valence-electron chi connectivity index (χ0n) is 19.0. The van der Waals surface area contributed by atoms with Crippen molar-refractivity contribution in [2.45, 2.75) is 25.7 Å². The van der Waals surface area contributed by atoms with Crippen LogP contribution in [-0.4, -0.2) is 48.8 Å². The van der Waals surface area contributed by atoms with Crippen molar-refractivity contribution in [2.24, 2.45) is 5.92 Å². The number of nitrogens with one attached hydrogen (secondary N) is 1. The van der Waals surface area contributed by atoms with Gasteiger partial charge in [-0.15, -0.1) is 0 Å². The summed E-state index contributed by atoms with van der Waals surface area (Å²) in [4.78, 5) is 29.7. The Balaban J connectivity index is 1.64. The molecule has 0 spiro atoms. The molecule has 0 saturated carbocycles. The van der Waals surface area contributed by atoms with Crippen LogP contribution in [-0.2, 0) is 15.9 Å². The van der Waals surface area contributed by atoms with Gasteiger partial charge < -0.3 is 19.9 Å². The van der Waals surface area contributed by atoms with E-state index in [1.807, 2.05) is 0 Å². The van der Waals surface area contributed by atoms with E-state index in [9.17, 15) is 19.1 Å². The van der Waals surface area contributed by atoms with Crippen molar-refractivity contribution >= 4 is 22.8 Å². The van der Waals surface area contributed by atoms with Gasteiger partial charge in [-0.2, -0.15) is 0 Å². The lowest BCUT2D eigenvalue weighted by molar-refractivity contribution is 0.0597. The molecule has 2 aromatic carbocycles. The summed E-state index contributed by atoms with van der Waals surface area (Å²) in [6.07, 6.45) is 4.82. The van der Waals surface area contributed by atoms with Crippen molar-refractivity contribution < 1.29 is 28.6 Å². The van der Waals surface area contributed by atoms with E-state index in [2.05, 4.69) is 10.3 Å². The number of methoxy groups -OCH3 is 1. The molecule has 2 N–H and O–H groups in total. The minimum Gasteiger partial charge on any atom is -0.505 e. The fraction of sp³-hybridized carbons (Fsp3) is 0.346. The smallest absolute Gasteiger partial charge is 0.341 e. The van der Waals surface area contributed by atoms with E-state index >= 15 is 0 Å². The molecule has 178 valence electrons. The number of fused-ring (bicyclic) bond motifs is 1. The Kier molecular flexibility index (Phi) is 7.37. The molecule has 1 saturated heterocycles. The van der Waals surface area contributed by atoms with Crippen molar-refractivity contribution in [1.29, 1.82) is 0 Å². The van der Waals surface area contributed by atoms with Crippen LogP contribution in [0.15, 0.2) is 42.6 Å². The molecule has 0 radical (unpaired) electrons. The van der Waals surface area contributed by atoms with Crippen LogP contribution in [0.25, 0.3) is 10.9 Å². The molecule has 1 aliphatic heterocycles.